The summed E-state index contributed by atoms with van der Waals surface area (Å²) in [6.07, 6.45) is 1.49. The van der Waals surface area contributed by atoms with E-state index in [1.807, 2.05) is 19.1 Å². The second-order valence-corrected chi connectivity index (χ2v) is 4.55. The number of aryl methyl sites for hydroxylation is 1. The molecule has 0 bridgehead atoms. The third-order valence-corrected chi connectivity index (χ3v) is 2.92. The Hall–Kier alpha value is -1.88. The Morgan fingerprint density at radius 2 is 2.17 bits per heavy atom. The van der Waals surface area contributed by atoms with E-state index in [4.69, 9.17) is 9.84 Å². The Balaban J connectivity index is 2.37. The number of rotatable bonds is 3. The first kappa shape index (κ1) is 12.6. The number of aromatic carboxylic acids is 1. The van der Waals surface area contributed by atoms with E-state index in [-0.39, 0.29) is 11.4 Å². The number of pyridine rings is 1. The molecule has 0 saturated heterocycles. The summed E-state index contributed by atoms with van der Waals surface area (Å²) in [6.45, 7) is 1.96. The molecule has 0 aliphatic rings. The monoisotopic (exact) mass is 307 g/mol. The Morgan fingerprint density at radius 3 is 2.83 bits per heavy atom. The van der Waals surface area contributed by atoms with Crippen molar-refractivity contribution in [2.75, 3.05) is 0 Å². The van der Waals surface area contributed by atoms with Gasteiger partial charge in [-0.1, -0.05) is 6.07 Å². The van der Waals surface area contributed by atoms with Crippen LogP contribution in [0.4, 0.5) is 0 Å². The second kappa shape index (κ2) is 5.18. The van der Waals surface area contributed by atoms with Gasteiger partial charge >= 0.3 is 5.97 Å². The number of ether oxygens (including phenoxy) is 1. The highest BCUT2D eigenvalue weighted by Gasteiger charge is 2.13. The minimum Gasteiger partial charge on any atom is -0.477 e. The lowest BCUT2D eigenvalue weighted by atomic mass is 10.2. The zero-order chi connectivity index (χ0) is 13.1. The van der Waals surface area contributed by atoms with E-state index in [1.54, 1.807) is 12.1 Å². The van der Waals surface area contributed by atoms with Gasteiger partial charge < -0.3 is 9.84 Å². The second-order valence-electron chi connectivity index (χ2n) is 3.70. The van der Waals surface area contributed by atoms with E-state index >= 15 is 0 Å². The van der Waals surface area contributed by atoms with Crippen molar-refractivity contribution in [2.24, 2.45) is 0 Å². The van der Waals surface area contributed by atoms with Gasteiger partial charge in [0.05, 0.1) is 4.47 Å². The molecule has 4 nitrogen and oxygen atoms in total. The average molecular weight is 308 g/mol. The molecule has 0 saturated carbocycles. The summed E-state index contributed by atoms with van der Waals surface area (Å²) < 4.78 is 6.27. The number of halogens is 1. The zero-order valence-corrected chi connectivity index (χ0v) is 11.1. The van der Waals surface area contributed by atoms with Gasteiger partial charge in [-0.25, -0.2) is 9.78 Å². The van der Waals surface area contributed by atoms with E-state index in [0.717, 1.165) is 10.0 Å². The Kier molecular flexibility index (Phi) is 3.62. The van der Waals surface area contributed by atoms with Crippen molar-refractivity contribution < 1.29 is 14.6 Å². The van der Waals surface area contributed by atoms with Crippen LogP contribution in [0.3, 0.4) is 0 Å². The highest BCUT2D eigenvalue weighted by atomic mass is 79.9. The molecule has 0 fully saturated rings. The number of carboxylic acids is 1. The summed E-state index contributed by atoms with van der Waals surface area (Å²) in [5, 5.41) is 9.03. The molecule has 0 aliphatic heterocycles. The zero-order valence-electron chi connectivity index (χ0n) is 9.55. The molecule has 1 heterocycles. The normalized spacial score (nSPS) is 10.1. The summed E-state index contributed by atoms with van der Waals surface area (Å²) in [4.78, 5) is 15.0. The molecule has 0 radical (unpaired) electrons. The molecule has 2 aromatic rings. The van der Waals surface area contributed by atoms with Crippen molar-refractivity contribution >= 4 is 21.9 Å². The highest BCUT2D eigenvalue weighted by molar-refractivity contribution is 9.10. The van der Waals surface area contributed by atoms with Crippen LogP contribution in [0.15, 0.2) is 41.0 Å². The molecule has 0 unspecified atom stereocenters. The molecule has 1 aromatic carbocycles. The maximum Gasteiger partial charge on any atom is 0.341 e. The number of aromatic nitrogens is 1. The SMILES string of the molecule is Cc1ccc(Oc2ncccc2C(=O)O)c(Br)c1. The molecular weight excluding hydrogens is 298 g/mol. The quantitative estimate of drug-likeness (QED) is 0.940. The fourth-order valence-electron chi connectivity index (χ4n) is 1.43. The lowest BCUT2D eigenvalue weighted by Gasteiger charge is -2.09. The summed E-state index contributed by atoms with van der Waals surface area (Å²) in [5.74, 6) is -0.460. The number of hydrogen-bond donors (Lipinski definition) is 1. The van der Waals surface area contributed by atoms with Gasteiger partial charge in [-0.15, -0.1) is 0 Å². The predicted octanol–water partition coefficient (Wildman–Crippen LogP) is 3.64. The minimum absolute atomic E-state index is 0.0324. The lowest BCUT2D eigenvalue weighted by molar-refractivity contribution is 0.0693. The molecule has 18 heavy (non-hydrogen) atoms. The van der Waals surface area contributed by atoms with Gasteiger partial charge in [0, 0.05) is 6.20 Å². The number of hydrogen-bond acceptors (Lipinski definition) is 3. The first-order chi connectivity index (χ1) is 8.58. The first-order valence-electron chi connectivity index (χ1n) is 5.20. The van der Waals surface area contributed by atoms with Gasteiger partial charge in [0.15, 0.2) is 0 Å². The summed E-state index contributed by atoms with van der Waals surface area (Å²) >= 11 is 3.37. The summed E-state index contributed by atoms with van der Waals surface area (Å²) in [5.41, 5.74) is 1.11. The Morgan fingerprint density at radius 1 is 1.39 bits per heavy atom. The minimum atomic E-state index is -1.07. The summed E-state index contributed by atoms with van der Waals surface area (Å²) in [7, 11) is 0. The maximum atomic E-state index is 11.0. The molecule has 0 amide bonds. The molecule has 2 rings (SSSR count). The van der Waals surface area contributed by atoms with E-state index in [2.05, 4.69) is 20.9 Å². The van der Waals surface area contributed by atoms with E-state index in [1.165, 1.54) is 12.3 Å². The fourth-order valence-corrected chi connectivity index (χ4v) is 2.00. The van der Waals surface area contributed by atoms with Crippen LogP contribution in [0, 0.1) is 6.92 Å². The average Bonchev–Trinajstić information content (AvgIpc) is 2.33. The van der Waals surface area contributed by atoms with Crippen LogP contribution in [0.5, 0.6) is 11.6 Å². The third kappa shape index (κ3) is 2.68. The molecule has 5 heteroatoms. The number of carbonyl (C=O) groups is 1. The molecule has 0 spiro atoms. The van der Waals surface area contributed by atoms with Crippen LogP contribution in [0.25, 0.3) is 0 Å². The molecule has 0 aliphatic carbocycles. The number of benzene rings is 1. The molecular formula is C13H10BrNO3. The maximum absolute atomic E-state index is 11.0. The van der Waals surface area contributed by atoms with Crippen molar-refractivity contribution in [1.82, 2.24) is 4.98 Å². The predicted molar refractivity (Wildman–Crippen MR) is 70.1 cm³/mol. The van der Waals surface area contributed by atoms with Crippen molar-refractivity contribution in [2.45, 2.75) is 6.92 Å². The smallest absolute Gasteiger partial charge is 0.341 e. The number of carboxylic acid groups (broad SMARTS) is 1. The molecule has 1 N–H and O–H groups in total. The van der Waals surface area contributed by atoms with Crippen LogP contribution in [0.1, 0.15) is 15.9 Å². The van der Waals surface area contributed by atoms with Gasteiger partial charge in [0.25, 0.3) is 0 Å². The van der Waals surface area contributed by atoms with Crippen LogP contribution in [0.2, 0.25) is 0 Å². The van der Waals surface area contributed by atoms with Crippen LogP contribution in [-0.4, -0.2) is 16.1 Å². The van der Waals surface area contributed by atoms with E-state index < -0.39 is 5.97 Å². The fraction of sp³-hybridized carbons (Fsp3) is 0.0769. The lowest BCUT2D eigenvalue weighted by Crippen LogP contribution is -2.01. The van der Waals surface area contributed by atoms with Crippen molar-refractivity contribution in [3.05, 3.63) is 52.1 Å². The van der Waals surface area contributed by atoms with E-state index in [0.29, 0.717) is 5.75 Å². The standard InChI is InChI=1S/C13H10BrNO3/c1-8-4-5-11(10(14)7-8)18-12-9(13(16)17)3-2-6-15-12/h2-7H,1H3,(H,16,17). The van der Waals surface area contributed by atoms with Crippen molar-refractivity contribution in [3.8, 4) is 11.6 Å². The highest BCUT2D eigenvalue weighted by Crippen LogP contribution is 2.30. The van der Waals surface area contributed by atoms with Crippen LogP contribution in [-0.2, 0) is 0 Å². The summed E-state index contributed by atoms with van der Waals surface area (Å²) in [6, 6.07) is 8.54. The topological polar surface area (TPSA) is 59.4 Å². The van der Waals surface area contributed by atoms with Gasteiger partial charge in [-0.2, -0.15) is 0 Å². The van der Waals surface area contributed by atoms with Crippen LogP contribution >= 0.6 is 15.9 Å². The molecule has 1 aromatic heterocycles. The van der Waals surface area contributed by atoms with Gasteiger partial charge in [-0.05, 0) is 52.7 Å². The van der Waals surface area contributed by atoms with Crippen molar-refractivity contribution in [1.29, 1.82) is 0 Å². The third-order valence-electron chi connectivity index (χ3n) is 2.30. The molecule has 92 valence electrons. The van der Waals surface area contributed by atoms with Gasteiger partial charge in [0.1, 0.15) is 11.3 Å². The van der Waals surface area contributed by atoms with E-state index in [9.17, 15) is 4.79 Å². The first-order valence-corrected chi connectivity index (χ1v) is 5.99. The Bertz CT molecular complexity index is 599. The largest absolute Gasteiger partial charge is 0.477 e. The van der Waals surface area contributed by atoms with Crippen molar-refractivity contribution in [3.63, 3.8) is 0 Å². The Labute approximate surface area is 112 Å². The van der Waals surface area contributed by atoms with Crippen LogP contribution < -0.4 is 4.74 Å². The number of nitrogens with zero attached hydrogens (tertiary/aromatic N) is 1. The van der Waals surface area contributed by atoms with Gasteiger partial charge in [0.2, 0.25) is 5.88 Å². The molecule has 0 atom stereocenters. The van der Waals surface area contributed by atoms with Gasteiger partial charge in [-0.3, -0.25) is 0 Å².